The van der Waals surface area contributed by atoms with E-state index in [0.29, 0.717) is 6.07 Å². The van der Waals surface area contributed by atoms with Gasteiger partial charge in [-0.2, -0.15) is 34.8 Å². The summed E-state index contributed by atoms with van der Waals surface area (Å²) in [6.07, 6.45) is -4.99. The van der Waals surface area contributed by atoms with Crippen molar-refractivity contribution in [2.45, 2.75) is 25.0 Å². The predicted molar refractivity (Wildman–Crippen MR) is 93.9 cm³/mol. The topological polar surface area (TPSA) is 67.8 Å². The standard InChI is InChI=1S/C17H13F7N2O3S/c1-2-14(25-29-12-6-4-11(18)5-7-12)13-8-3-10(16(19,20)21)9-15(13)26-30(27,28)17(22,23)24/h3-9,26H,2H2,1H3/b25-14+. The maximum Gasteiger partial charge on any atom is 0.516 e. The van der Waals surface area contributed by atoms with Gasteiger partial charge in [-0.3, -0.25) is 4.72 Å². The number of benzene rings is 2. The number of hydrogen-bond acceptors (Lipinski definition) is 4. The number of sulfonamides is 1. The molecule has 0 atom stereocenters. The van der Waals surface area contributed by atoms with Crippen LogP contribution in [0.3, 0.4) is 0 Å². The van der Waals surface area contributed by atoms with Crippen LogP contribution in [-0.4, -0.2) is 19.6 Å². The molecule has 2 aromatic carbocycles. The molecule has 0 saturated carbocycles. The molecule has 0 aliphatic heterocycles. The van der Waals surface area contributed by atoms with Crippen LogP contribution < -0.4 is 9.56 Å². The number of anilines is 1. The number of oxime groups is 1. The lowest BCUT2D eigenvalue weighted by molar-refractivity contribution is -0.137. The van der Waals surface area contributed by atoms with Crippen LogP contribution >= 0.6 is 0 Å². The van der Waals surface area contributed by atoms with Crippen LogP contribution in [0, 0.1) is 5.82 Å². The Morgan fingerprint density at radius 2 is 1.63 bits per heavy atom. The van der Waals surface area contributed by atoms with E-state index in [-0.39, 0.29) is 29.5 Å². The zero-order valence-corrected chi connectivity index (χ0v) is 15.8. The molecule has 0 amide bonds. The molecule has 5 nitrogen and oxygen atoms in total. The van der Waals surface area contributed by atoms with Crippen LogP contribution in [0.15, 0.2) is 47.6 Å². The van der Waals surface area contributed by atoms with E-state index >= 15 is 0 Å². The van der Waals surface area contributed by atoms with Crippen molar-refractivity contribution >= 4 is 21.4 Å². The maximum absolute atomic E-state index is 13.0. The Bertz CT molecular complexity index is 1030. The molecule has 164 valence electrons. The third-order valence-corrected chi connectivity index (χ3v) is 4.71. The third kappa shape index (κ3) is 5.62. The molecule has 0 radical (unpaired) electrons. The second-order valence-electron chi connectivity index (χ2n) is 5.75. The molecule has 0 aromatic heterocycles. The van der Waals surface area contributed by atoms with E-state index in [1.54, 1.807) is 0 Å². The highest BCUT2D eigenvalue weighted by Gasteiger charge is 2.46. The molecule has 0 bridgehead atoms. The average Bonchev–Trinajstić information content (AvgIpc) is 2.62. The van der Waals surface area contributed by atoms with Gasteiger partial charge >= 0.3 is 21.7 Å². The molecular weight excluding hydrogens is 445 g/mol. The summed E-state index contributed by atoms with van der Waals surface area (Å²) in [5.41, 5.74) is -8.63. The molecule has 30 heavy (non-hydrogen) atoms. The molecule has 0 saturated heterocycles. The van der Waals surface area contributed by atoms with E-state index in [2.05, 4.69) is 5.16 Å². The first kappa shape index (κ1) is 23.4. The fourth-order valence-corrected chi connectivity index (χ4v) is 2.74. The van der Waals surface area contributed by atoms with Crippen LogP contribution in [-0.2, 0) is 16.2 Å². The normalized spacial score (nSPS) is 13.3. The Labute approximate surface area is 166 Å². The number of nitrogens with zero attached hydrogens (tertiary/aromatic N) is 1. The fourth-order valence-electron chi connectivity index (χ4n) is 2.17. The lowest BCUT2D eigenvalue weighted by atomic mass is 10.0. The first-order valence-corrected chi connectivity index (χ1v) is 9.53. The molecule has 1 N–H and O–H groups in total. The summed E-state index contributed by atoms with van der Waals surface area (Å²) in [7, 11) is -6.00. The average molecular weight is 458 g/mol. The van der Waals surface area contributed by atoms with Crippen molar-refractivity contribution in [1.29, 1.82) is 0 Å². The van der Waals surface area contributed by atoms with Gasteiger partial charge in [0.05, 0.1) is 17.0 Å². The molecule has 0 aliphatic carbocycles. The summed E-state index contributed by atoms with van der Waals surface area (Å²) in [5.74, 6) is -0.541. The van der Waals surface area contributed by atoms with Gasteiger partial charge in [-0.1, -0.05) is 18.1 Å². The van der Waals surface area contributed by atoms with Gasteiger partial charge in [-0.25, -0.2) is 4.39 Å². The second kappa shape index (κ2) is 8.50. The Morgan fingerprint density at radius 3 is 2.13 bits per heavy atom. The number of rotatable bonds is 6. The summed E-state index contributed by atoms with van der Waals surface area (Å²) in [4.78, 5) is 5.02. The Hall–Kier alpha value is -2.83. The van der Waals surface area contributed by atoms with Gasteiger partial charge in [-0.15, -0.1) is 0 Å². The highest BCUT2D eigenvalue weighted by atomic mass is 32.2. The molecular formula is C17H13F7N2O3S. The minimum atomic E-state index is -6.00. The summed E-state index contributed by atoms with van der Waals surface area (Å²) in [6.45, 7) is 1.46. The van der Waals surface area contributed by atoms with Gasteiger partial charge in [0.15, 0.2) is 5.75 Å². The monoisotopic (exact) mass is 458 g/mol. The van der Waals surface area contributed by atoms with E-state index in [0.717, 1.165) is 22.9 Å². The number of halogens is 7. The van der Waals surface area contributed by atoms with Gasteiger partial charge in [0.2, 0.25) is 0 Å². The summed E-state index contributed by atoms with van der Waals surface area (Å²) < 4.78 is 114. The molecule has 13 heteroatoms. The van der Waals surface area contributed by atoms with Gasteiger partial charge in [0.1, 0.15) is 5.82 Å². The summed E-state index contributed by atoms with van der Waals surface area (Å²) >= 11 is 0. The Balaban J connectivity index is 2.52. The van der Waals surface area contributed by atoms with Gasteiger partial charge in [0.25, 0.3) is 0 Å². The van der Waals surface area contributed by atoms with Crippen molar-refractivity contribution in [2.24, 2.45) is 5.16 Å². The minimum absolute atomic E-state index is 0.0340. The Morgan fingerprint density at radius 1 is 1.03 bits per heavy atom. The zero-order chi connectivity index (χ0) is 22.7. The summed E-state index contributed by atoms with van der Waals surface area (Å²) in [6, 6.07) is 6.01. The molecule has 0 unspecified atom stereocenters. The van der Waals surface area contributed by atoms with Crippen molar-refractivity contribution < 1.29 is 44.0 Å². The molecule has 2 aromatic rings. The van der Waals surface area contributed by atoms with Crippen molar-refractivity contribution in [3.05, 3.63) is 59.4 Å². The van der Waals surface area contributed by atoms with Crippen LogP contribution in [0.25, 0.3) is 0 Å². The van der Waals surface area contributed by atoms with E-state index in [1.807, 2.05) is 0 Å². The van der Waals surface area contributed by atoms with Crippen LogP contribution in [0.1, 0.15) is 24.5 Å². The number of hydrogen-bond donors (Lipinski definition) is 1. The quantitative estimate of drug-likeness (QED) is 0.363. The van der Waals surface area contributed by atoms with E-state index < -0.39 is 38.8 Å². The van der Waals surface area contributed by atoms with Crippen molar-refractivity contribution in [2.75, 3.05) is 4.72 Å². The van der Waals surface area contributed by atoms with Gasteiger partial charge in [0, 0.05) is 5.56 Å². The van der Waals surface area contributed by atoms with Crippen LogP contribution in [0.2, 0.25) is 0 Å². The second-order valence-corrected chi connectivity index (χ2v) is 7.42. The predicted octanol–water partition coefficient (Wildman–Crippen LogP) is 5.30. The lowest BCUT2D eigenvalue weighted by Crippen LogP contribution is -2.30. The molecule has 2 rings (SSSR count). The molecule has 0 aliphatic rings. The van der Waals surface area contributed by atoms with Gasteiger partial charge in [-0.05, 0) is 42.8 Å². The minimum Gasteiger partial charge on any atom is -0.357 e. The van der Waals surface area contributed by atoms with Crippen LogP contribution in [0.4, 0.5) is 36.4 Å². The molecule has 0 heterocycles. The SMILES string of the molecule is CC/C(=N\Oc1ccc(F)cc1)c1ccc(C(F)(F)F)cc1NS(=O)(=O)C(F)(F)F. The van der Waals surface area contributed by atoms with Gasteiger partial charge < -0.3 is 4.84 Å². The summed E-state index contributed by atoms with van der Waals surface area (Å²) in [5, 5.41) is 3.65. The molecule has 0 spiro atoms. The van der Waals surface area contributed by atoms with Crippen molar-refractivity contribution in [3.8, 4) is 5.75 Å². The van der Waals surface area contributed by atoms with Crippen molar-refractivity contribution in [3.63, 3.8) is 0 Å². The zero-order valence-electron chi connectivity index (χ0n) is 15.0. The number of nitrogens with one attached hydrogen (secondary N) is 1. The first-order chi connectivity index (χ1) is 13.7. The van der Waals surface area contributed by atoms with Crippen LogP contribution in [0.5, 0.6) is 5.75 Å². The molecule has 0 fully saturated rings. The largest absolute Gasteiger partial charge is 0.516 e. The fraction of sp³-hybridized carbons (Fsp3) is 0.235. The third-order valence-electron chi connectivity index (χ3n) is 3.62. The number of alkyl halides is 6. The Kier molecular flexibility index (Phi) is 6.64. The smallest absolute Gasteiger partial charge is 0.357 e. The van der Waals surface area contributed by atoms with E-state index in [4.69, 9.17) is 4.84 Å². The highest BCUT2D eigenvalue weighted by molar-refractivity contribution is 7.93. The van der Waals surface area contributed by atoms with Crippen molar-refractivity contribution in [1.82, 2.24) is 0 Å². The van der Waals surface area contributed by atoms with E-state index in [1.165, 1.54) is 19.1 Å². The highest BCUT2D eigenvalue weighted by Crippen LogP contribution is 2.34. The van der Waals surface area contributed by atoms with E-state index in [9.17, 15) is 39.2 Å². The maximum atomic E-state index is 13.0. The first-order valence-electron chi connectivity index (χ1n) is 8.04. The lowest BCUT2D eigenvalue weighted by Gasteiger charge is -2.17.